The average Bonchev–Trinajstić information content (AvgIpc) is 2.65. The highest BCUT2D eigenvalue weighted by atomic mass is 127. The lowest BCUT2D eigenvalue weighted by Gasteiger charge is -2.09. The zero-order chi connectivity index (χ0) is 13.9. The number of ether oxygens (including phenoxy) is 1. The van der Waals surface area contributed by atoms with Gasteiger partial charge in [0.2, 0.25) is 5.03 Å². The third-order valence-corrected chi connectivity index (χ3v) is 5.16. The quantitative estimate of drug-likeness (QED) is 0.378. The van der Waals surface area contributed by atoms with Gasteiger partial charge in [-0.3, -0.25) is 4.79 Å². The van der Waals surface area contributed by atoms with Crippen LogP contribution in [-0.2, 0) is 26.6 Å². The van der Waals surface area contributed by atoms with E-state index < -0.39 is 19.9 Å². The molecule has 0 aliphatic carbocycles. The fourth-order valence-corrected chi connectivity index (χ4v) is 3.98. The summed E-state index contributed by atoms with van der Waals surface area (Å²) in [6.07, 6.45) is 0. The number of nitrogens with zero attached hydrogens (tertiary/aromatic N) is 3. The molecular formula is C7H10BrIN4O4S. The van der Waals surface area contributed by atoms with Crippen LogP contribution in [0.5, 0.6) is 0 Å². The number of carbonyl (C=O) groups excluding carboxylic acids is 1. The Kier molecular flexibility index (Phi) is 5.48. The van der Waals surface area contributed by atoms with Gasteiger partial charge in [0, 0.05) is 13.6 Å². The number of halogens is 2. The second-order valence-electron chi connectivity index (χ2n) is 3.15. The molecule has 0 saturated carbocycles. The number of hydrogen-bond donors (Lipinski definition) is 1. The molecule has 0 fully saturated rings. The fraction of sp³-hybridized carbons (Fsp3) is 0.571. The molecule has 18 heavy (non-hydrogen) atoms. The highest BCUT2D eigenvalue weighted by molar-refractivity contribution is 14.1. The number of aromatic nitrogens is 3. The topological polar surface area (TPSA) is 103 Å². The van der Waals surface area contributed by atoms with Crippen LogP contribution in [0.3, 0.4) is 0 Å². The Hall–Kier alpha value is -0.270. The van der Waals surface area contributed by atoms with Crippen LogP contribution in [0, 0.1) is 0 Å². The SMILES string of the molecule is COC(=O)C(I)CNS(=O)(=O)c1c(Br)nnn1C. The largest absolute Gasteiger partial charge is 0.468 e. The molecule has 8 nitrogen and oxygen atoms in total. The van der Waals surface area contributed by atoms with Gasteiger partial charge in [0.25, 0.3) is 10.0 Å². The molecule has 1 rings (SSSR count). The molecule has 0 aromatic carbocycles. The van der Waals surface area contributed by atoms with E-state index in [2.05, 4.69) is 35.7 Å². The van der Waals surface area contributed by atoms with E-state index in [4.69, 9.17) is 0 Å². The lowest BCUT2D eigenvalue weighted by atomic mass is 10.4. The van der Waals surface area contributed by atoms with Crippen LogP contribution in [0.15, 0.2) is 9.63 Å². The molecule has 102 valence electrons. The predicted molar refractivity (Wildman–Crippen MR) is 73.7 cm³/mol. The highest BCUT2D eigenvalue weighted by Crippen LogP contribution is 2.17. The maximum Gasteiger partial charge on any atom is 0.319 e. The standard InChI is InChI=1S/C7H10BrIN4O4S/c1-13-6(5(8)11-12-13)18(15,16)10-3-4(9)7(14)17-2/h4,10H,3H2,1-2H3. The first kappa shape index (κ1) is 15.8. The van der Waals surface area contributed by atoms with E-state index in [9.17, 15) is 13.2 Å². The van der Waals surface area contributed by atoms with Crippen LogP contribution in [0.2, 0.25) is 0 Å². The minimum Gasteiger partial charge on any atom is -0.468 e. The van der Waals surface area contributed by atoms with E-state index in [-0.39, 0.29) is 16.2 Å². The summed E-state index contributed by atoms with van der Waals surface area (Å²) < 4.78 is 31.3. The van der Waals surface area contributed by atoms with E-state index in [1.54, 1.807) is 22.6 Å². The van der Waals surface area contributed by atoms with Crippen molar-refractivity contribution in [2.24, 2.45) is 7.05 Å². The van der Waals surface area contributed by atoms with Crippen molar-refractivity contribution in [3.05, 3.63) is 4.60 Å². The van der Waals surface area contributed by atoms with Crippen molar-refractivity contribution in [3.63, 3.8) is 0 Å². The summed E-state index contributed by atoms with van der Waals surface area (Å²) in [4.78, 5) is 11.1. The number of alkyl halides is 1. The van der Waals surface area contributed by atoms with Crippen molar-refractivity contribution in [2.45, 2.75) is 8.95 Å². The van der Waals surface area contributed by atoms with E-state index in [1.165, 1.54) is 14.2 Å². The molecule has 11 heteroatoms. The van der Waals surface area contributed by atoms with E-state index in [0.717, 1.165) is 4.68 Å². The van der Waals surface area contributed by atoms with Crippen molar-refractivity contribution in [1.82, 2.24) is 19.7 Å². The molecule has 1 unspecified atom stereocenters. The van der Waals surface area contributed by atoms with Crippen LogP contribution >= 0.6 is 38.5 Å². The Balaban J connectivity index is 2.81. The molecule has 1 N–H and O–H groups in total. The number of sulfonamides is 1. The number of methoxy groups -OCH3 is 1. The number of hydrogen-bond acceptors (Lipinski definition) is 6. The van der Waals surface area contributed by atoms with Crippen molar-refractivity contribution < 1.29 is 17.9 Å². The summed E-state index contributed by atoms with van der Waals surface area (Å²) >= 11 is 4.79. The van der Waals surface area contributed by atoms with Crippen LogP contribution in [0.1, 0.15) is 0 Å². The predicted octanol–water partition coefficient (Wildman–Crippen LogP) is -0.168. The molecule has 0 radical (unpaired) electrons. The van der Waals surface area contributed by atoms with Crippen LogP contribution < -0.4 is 4.72 Å². The third-order valence-electron chi connectivity index (χ3n) is 1.90. The lowest BCUT2D eigenvalue weighted by Crippen LogP contribution is -2.34. The number of rotatable bonds is 5. The van der Waals surface area contributed by atoms with Gasteiger partial charge in [-0.25, -0.2) is 17.8 Å². The van der Waals surface area contributed by atoms with Crippen molar-refractivity contribution in [1.29, 1.82) is 0 Å². The Morgan fingerprint density at radius 1 is 1.67 bits per heavy atom. The van der Waals surface area contributed by atoms with Gasteiger partial charge in [-0.1, -0.05) is 27.8 Å². The van der Waals surface area contributed by atoms with Crippen LogP contribution in [0.25, 0.3) is 0 Å². The molecular weight excluding hydrogens is 443 g/mol. The third kappa shape index (κ3) is 3.61. The maximum atomic E-state index is 12.0. The lowest BCUT2D eigenvalue weighted by molar-refractivity contribution is -0.139. The molecule has 0 spiro atoms. The van der Waals surface area contributed by atoms with Gasteiger partial charge in [-0.05, 0) is 15.9 Å². The number of carbonyl (C=O) groups is 1. The first-order chi connectivity index (χ1) is 8.29. The molecule has 1 atom stereocenters. The monoisotopic (exact) mass is 452 g/mol. The minimum absolute atomic E-state index is 0.0762. The Morgan fingerprint density at radius 3 is 2.72 bits per heavy atom. The van der Waals surface area contributed by atoms with Crippen molar-refractivity contribution in [3.8, 4) is 0 Å². The molecule has 1 heterocycles. The molecule has 0 aliphatic rings. The van der Waals surface area contributed by atoms with Crippen LogP contribution in [0.4, 0.5) is 0 Å². The Bertz CT molecular complexity index is 526. The minimum atomic E-state index is -3.79. The van der Waals surface area contributed by atoms with Gasteiger partial charge in [-0.2, -0.15) is 0 Å². The van der Waals surface area contributed by atoms with Gasteiger partial charge in [0.05, 0.1) is 7.11 Å². The summed E-state index contributed by atoms with van der Waals surface area (Å²) in [5.74, 6) is -0.500. The second-order valence-corrected chi connectivity index (χ2v) is 7.09. The number of esters is 1. The summed E-state index contributed by atoms with van der Waals surface area (Å²) in [7, 11) is -1.09. The van der Waals surface area contributed by atoms with Gasteiger partial charge < -0.3 is 4.74 Å². The molecule has 1 aromatic rings. The smallest absolute Gasteiger partial charge is 0.319 e. The van der Waals surface area contributed by atoms with Gasteiger partial charge in [0.1, 0.15) is 3.92 Å². The zero-order valence-corrected chi connectivity index (χ0v) is 14.0. The molecule has 0 saturated heterocycles. The van der Waals surface area contributed by atoms with Gasteiger partial charge in [-0.15, -0.1) is 5.10 Å². The van der Waals surface area contributed by atoms with Crippen molar-refractivity contribution >= 4 is 54.5 Å². The highest BCUT2D eigenvalue weighted by Gasteiger charge is 2.26. The summed E-state index contributed by atoms with van der Waals surface area (Å²) in [5.41, 5.74) is 0. The Morgan fingerprint density at radius 2 is 2.28 bits per heavy atom. The molecule has 1 aromatic heterocycles. The van der Waals surface area contributed by atoms with Crippen molar-refractivity contribution in [2.75, 3.05) is 13.7 Å². The maximum absolute atomic E-state index is 12.0. The first-order valence-electron chi connectivity index (χ1n) is 4.56. The molecule has 0 amide bonds. The van der Waals surface area contributed by atoms with Gasteiger partial charge in [0.15, 0.2) is 4.60 Å². The van der Waals surface area contributed by atoms with E-state index in [1.807, 2.05) is 0 Å². The summed E-state index contributed by atoms with van der Waals surface area (Å²) in [5, 5.41) is 7.04. The van der Waals surface area contributed by atoms with Gasteiger partial charge >= 0.3 is 5.97 Å². The first-order valence-corrected chi connectivity index (χ1v) is 8.08. The van der Waals surface area contributed by atoms with E-state index >= 15 is 0 Å². The summed E-state index contributed by atoms with van der Waals surface area (Å²) in [6.45, 7) is -0.0762. The number of aryl methyl sites for hydroxylation is 1. The molecule has 0 aliphatic heterocycles. The Labute approximate surface area is 126 Å². The second kappa shape index (κ2) is 6.25. The summed E-state index contributed by atoms with van der Waals surface area (Å²) in [6, 6.07) is 0. The average molecular weight is 453 g/mol. The fourth-order valence-electron chi connectivity index (χ4n) is 1.07. The number of nitrogens with one attached hydrogen (secondary N) is 1. The molecule has 0 bridgehead atoms. The van der Waals surface area contributed by atoms with Crippen LogP contribution in [-0.4, -0.2) is 47.0 Å². The van der Waals surface area contributed by atoms with E-state index in [0.29, 0.717) is 0 Å². The normalized spacial score (nSPS) is 13.3. The zero-order valence-electron chi connectivity index (χ0n) is 9.42.